The number of ether oxygens (including phenoxy) is 2. The molecule has 0 amide bonds. The Hall–Kier alpha value is -1.97. The summed E-state index contributed by atoms with van der Waals surface area (Å²) in [5.41, 5.74) is 1.95. The van der Waals surface area contributed by atoms with Crippen molar-refractivity contribution in [1.82, 2.24) is 15.8 Å². The molecule has 0 saturated heterocycles. The van der Waals surface area contributed by atoms with Crippen molar-refractivity contribution in [3.05, 3.63) is 41.3 Å². The van der Waals surface area contributed by atoms with Crippen molar-refractivity contribution in [2.45, 2.75) is 32.9 Å². The molecule has 1 heterocycles. The van der Waals surface area contributed by atoms with Crippen LogP contribution >= 0.6 is 24.0 Å². The van der Waals surface area contributed by atoms with E-state index in [1.54, 1.807) is 21.3 Å². The minimum Gasteiger partial charge on any atom is -0.497 e. The number of methoxy groups -OCH3 is 2. The first-order chi connectivity index (χ1) is 12.1. The molecule has 0 radical (unpaired) electrons. The Kier molecular flexibility index (Phi) is 9.25. The summed E-state index contributed by atoms with van der Waals surface area (Å²) in [7, 11) is 4.99. The zero-order chi connectivity index (χ0) is 18.2. The lowest BCUT2D eigenvalue weighted by Crippen LogP contribution is -2.36. The molecule has 0 aliphatic rings. The van der Waals surface area contributed by atoms with Crippen molar-refractivity contribution < 1.29 is 14.0 Å². The third-order valence-corrected chi connectivity index (χ3v) is 3.76. The van der Waals surface area contributed by atoms with E-state index in [1.807, 2.05) is 24.3 Å². The van der Waals surface area contributed by atoms with E-state index in [9.17, 15) is 0 Å². The van der Waals surface area contributed by atoms with E-state index < -0.39 is 0 Å². The van der Waals surface area contributed by atoms with Crippen LogP contribution in [0, 0.1) is 0 Å². The third-order valence-electron chi connectivity index (χ3n) is 3.76. The second-order valence-electron chi connectivity index (χ2n) is 5.83. The maximum atomic E-state index is 5.40. The Morgan fingerprint density at radius 2 is 1.88 bits per heavy atom. The summed E-state index contributed by atoms with van der Waals surface area (Å²) in [6, 6.07) is 7.67. The molecule has 0 bridgehead atoms. The zero-order valence-electron chi connectivity index (χ0n) is 15.8. The summed E-state index contributed by atoms with van der Waals surface area (Å²) >= 11 is 0. The Morgan fingerprint density at radius 1 is 1.15 bits per heavy atom. The highest BCUT2D eigenvalue weighted by Gasteiger charge is 2.09. The average Bonchev–Trinajstić information content (AvgIpc) is 3.11. The molecule has 0 spiro atoms. The van der Waals surface area contributed by atoms with Gasteiger partial charge in [-0.05, 0) is 18.1 Å². The maximum Gasteiger partial charge on any atom is 0.191 e. The monoisotopic (exact) mass is 474 g/mol. The van der Waals surface area contributed by atoms with Gasteiger partial charge in [0.1, 0.15) is 11.5 Å². The normalized spacial score (nSPS) is 11.1. The van der Waals surface area contributed by atoms with E-state index >= 15 is 0 Å². The molecule has 0 unspecified atom stereocenters. The van der Waals surface area contributed by atoms with Crippen LogP contribution in [0.15, 0.2) is 33.8 Å². The van der Waals surface area contributed by atoms with Crippen molar-refractivity contribution >= 4 is 29.9 Å². The Labute approximate surface area is 171 Å². The molecule has 0 aliphatic heterocycles. The van der Waals surface area contributed by atoms with Crippen LogP contribution < -0.4 is 20.1 Å². The van der Waals surface area contributed by atoms with Crippen LogP contribution in [0.4, 0.5) is 0 Å². The van der Waals surface area contributed by atoms with Gasteiger partial charge in [-0.3, -0.25) is 4.99 Å². The molecular weight excluding hydrogens is 447 g/mol. The first-order valence-electron chi connectivity index (χ1n) is 8.18. The predicted molar refractivity (Wildman–Crippen MR) is 113 cm³/mol. The molecular formula is C18H27IN4O3. The van der Waals surface area contributed by atoms with Gasteiger partial charge in [0, 0.05) is 31.3 Å². The molecule has 2 rings (SSSR count). The Balaban J connectivity index is 0.00000338. The minimum absolute atomic E-state index is 0. The van der Waals surface area contributed by atoms with Crippen LogP contribution in [0.25, 0.3) is 0 Å². The molecule has 26 heavy (non-hydrogen) atoms. The van der Waals surface area contributed by atoms with Crippen molar-refractivity contribution in [3.63, 3.8) is 0 Å². The molecule has 2 N–H and O–H groups in total. The van der Waals surface area contributed by atoms with E-state index in [2.05, 4.69) is 34.6 Å². The van der Waals surface area contributed by atoms with E-state index in [4.69, 9.17) is 14.0 Å². The summed E-state index contributed by atoms with van der Waals surface area (Å²) in [6.45, 7) is 5.25. The van der Waals surface area contributed by atoms with Gasteiger partial charge in [0.05, 0.1) is 26.5 Å². The van der Waals surface area contributed by atoms with Crippen LogP contribution in [0.3, 0.4) is 0 Å². The van der Waals surface area contributed by atoms with Crippen LogP contribution in [0.2, 0.25) is 0 Å². The summed E-state index contributed by atoms with van der Waals surface area (Å²) < 4.78 is 15.9. The molecule has 0 atom stereocenters. The van der Waals surface area contributed by atoms with E-state index in [0.717, 1.165) is 28.5 Å². The van der Waals surface area contributed by atoms with Gasteiger partial charge >= 0.3 is 0 Å². The van der Waals surface area contributed by atoms with Gasteiger partial charge in [-0.2, -0.15) is 0 Å². The van der Waals surface area contributed by atoms with Crippen molar-refractivity contribution in [3.8, 4) is 11.5 Å². The number of benzene rings is 1. The lowest BCUT2D eigenvalue weighted by molar-refractivity contribution is 0.372. The summed E-state index contributed by atoms with van der Waals surface area (Å²) in [5.74, 6) is 3.31. The second-order valence-corrected chi connectivity index (χ2v) is 5.83. The van der Waals surface area contributed by atoms with Crippen LogP contribution in [0.5, 0.6) is 11.5 Å². The average molecular weight is 474 g/mol. The number of nitrogens with one attached hydrogen (secondary N) is 2. The van der Waals surface area contributed by atoms with Gasteiger partial charge in [-0.25, -0.2) is 0 Å². The smallest absolute Gasteiger partial charge is 0.191 e. The molecule has 144 valence electrons. The minimum atomic E-state index is 0. The molecule has 0 saturated carbocycles. The summed E-state index contributed by atoms with van der Waals surface area (Å²) in [4.78, 5) is 4.22. The molecule has 8 heteroatoms. The zero-order valence-corrected chi connectivity index (χ0v) is 18.2. The molecule has 1 aromatic heterocycles. The number of hydrogen-bond acceptors (Lipinski definition) is 5. The lowest BCUT2D eigenvalue weighted by Gasteiger charge is -2.14. The van der Waals surface area contributed by atoms with Crippen LogP contribution in [0.1, 0.15) is 36.8 Å². The fraction of sp³-hybridized carbons (Fsp3) is 0.444. The standard InChI is InChI=1S/C18H26N4O3.HI/c1-12(2)16-8-15(25-22-16)11-21-18(19-3)20-10-13-6-7-14(23-4)9-17(13)24-5;/h6-9,12H,10-11H2,1-5H3,(H2,19,20,21);1H. The number of hydrogen-bond donors (Lipinski definition) is 2. The van der Waals surface area contributed by atoms with Gasteiger partial charge < -0.3 is 24.6 Å². The van der Waals surface area contributed by atoms with Crippen LogP contribution in [-0.4, -0.2) is 32.4 Å². The highest BCUT2D eigenvalue weighted by molar-refractivity contribution is 14.0. The Bertz CT molecular complexity index is 716. The highest BCUT2D eigenvalue weighted by atomic mass is 127. The highest BCUT2D eigenvalue weighted by Crippen LogP contribution is 2.24. The largest absolute Gasteiger partial charge is 0.497 e. The maximum absolute atomic E-state index is 5.40. The number of aromatic nitrogens is 1. The summed E-state index contributed by atoms with van der Waals surface area (Å²) in [5, 5.41) is 10.5. The number of nitrogens with zero attached hydrogens (tertiary/aromatic N) is 2. The first-order valence-corrected chi connectivity index (χ1v) is 8.18. The molecule has 7 nitrogen and oxygen atoms in total. The fourth-order valence-electron chi connectivity index (χ4n) is 2.25. The first kappa shape index (κ1) is 22.1. The van der Waals surface area contributed by atoms with Gasteiger partial charge in [0.2, 0.25) is 0 Å². The van der Waals surface area contributed by atoms with E-state index in [1.165, 1.54) is 0 Å². The van der Waals surface area contributed by atoms with E-state index in [-0.39, 0.29) is 24.0 Å². The predicted octanol–water partition coefficient (Wildman–Crippen LogP) is 3.30. The van der Waals surface area contributed by atoms with Gasteiger partial charge in [0.25, 0.3) is 0 Å². The van der Waals surface area contributed by atoms with Crippen molar-refractivity contribution in [1.29, 1.82) is 0 Å². The van der Waals surface area contributed by atoms with Crippen molar-refractivity contribution in [2.24, 2.45) is 4.99 Å². The third kappa shape index (κ3) is 6.08. The number of guanidine groups is 1. The number of aliphatic imine (C=N–C) groups is 1. The van der Waals surface area contributed by atoms with Gasteiger partial charge in [0.15, 0.2) is 11.7 Å². The quantitative estimate of drug-likeness (QED) is 0.364. The van der Waals surface area contributed by atoms with Crippen LogP contribution in [-0.2, 0) is 13.1 Å². The van der Waals surface area contributed by atoms with Gasteiger partial charge in [-0.1, -0.05) is 19.0 Å². The lowest BCUT2D eigenvalue weighted by atomic mass is 10.1. The SMILES string of the molecule is CN=C(NCc1cc(C(C)C)no1)NCc1ccc(OC)cc1OC.I. The molecule has 2 aromatic rings. The molecule has 0 fully saturated rings. The van der Waals surface area contributed by atoms with E-state index in [0.29, 0.717) is 25.0 Å². The number of halogens is 1. The number of rotatable bonds is 7. The van der Waals surface area contributed by atoms with Gasteiger partial charge in [-0.15, -0.1) is 24.0 Å². The second kappa shape index (κ2) is 10.9. The fourth-order valence-corrected chi connectivity index (χ4v) is 2.25. The molecule has 1 aromatic carbocycles. The topological polar surface area (TPSA) is 80.9 Å². The molecule has 0 aliphatic carbocycles. The Morgan fingerprint density at radius 3 is 2.46 bits per heavy atom. The summed E-state index contributed by atoms with van der Waals surface area (Å²) in [6.07, 6.45) is 0. The van der Waals surface area contributed by atoms with Crippen molar-refractivity contribution in [2.75, 3.05) is 21.3 Å².